The van der Waals surface area contributed by atoms with E-state index in [0.717, 1.165) is 21.1 Å². The van der Waals surface area contributed by atoms with Crippen molar-refractivity contribution in [3.05, 3.63) is 35.3 Å². The van der Waals surface area contributed by atoms with Gasteiger partial charge in [0.25, 0.3) is 0 Å². The van der Waals surface area contributed by atoms with Crippen molar-refractivity contribution in [3.8, 4) is 21.1 Å². The van der Waals surface area contributed by atoms with E-state index in [9.17, 15) is 4.79 Å². The van der Waals surface area contributed by atoms with E-state index in [-0.39, 0.29) is 0 Å². The van der Waals surface area contributed by atoms with Crippen molar-refractivity contribution in [2.75, 3.05) is 25.5 Å². The average molecular weight is 361 g/mol. The predicted octanol–water partition coefficient (Wildman–Crippen LogP) is 3.10. The van der Waals surface area contributed by atoms with Gasteiger partial charge in [-0.3, -0.25) is 0 Å². The van der Waals surface area contributed by atoms with E-state index >= 15 is 0 Å². The highest BCUT2D eigenvalue weighted by atomic mass is 32.1. The summed E-state index contributed by atoms with van der Waals surface area (Å²) in [5.41, 5.74) is 1.75. The molecule has 0 aliphatic rings. The number of carbonyl (C=O) groups excluding carboxylic acids is 1. The zero-order valence-corrected chi connectivity index (χ0v) is 14.5. The molecule has 0 unspecified atom stereocenters. The van der Waals surface area contributed by atoms with Crippen LogP contribution in [0.3, 0.4) is 0 Å². The first-order valence-corrected chi connectivity index (χ1v) is 8.90. The molecule has 3 aromatic rings. The number of methoxy groups -OCH3 is 1. The molecule has 0 radical (unpaired) electrons. The number of nitrogens with one attached hydrogen (secondary N) is 2. The van der Waals surface area contributed by atoms with Crippen LogP contribution in [0.2, 0.25) is 0 Å². The van der Waals surface area contributed by atoms with Crippen molar-refractivity contribution >= 4 is 34.7 Å². The maximum Gasteiger partial charge on any atom is 0.406 e. The molecule has 0 aliphatic heterocycles. The molecule has 0 bridgehead atoms. The molecule has 3 heterocycles. The predicted molar refractivity (Wildman–Crippen MR) is 95.4 cm³/mol. The summed E-state index contributed by atoms with van der Waals surface area (Å²) in [6.07, 6.45) is 3.09. The van der Waals surface area contributed by atoms with E-state index in [1.54, 1.807) is 23.7 Å². The van der Waals surface area contributed by atoms with Crippen molar-refractivity contribution in [3.63, 3.8) is 0 Å². The summed E-state index contributed by atoms with van der Waals surface area (Å²) in [5.74, 6) is 0.493. The maximum absolute atomic E-state index is 11.0. The fraction of sp³-hybridized carbons (Fsp3) is 0.200. The van der Waals surface area contributed by atoms with Gasteiger partial charge in [0.05, 0.1) is 7.11 Å². The number of hydrogen-bond acceptors (Lipinski definition) is 8. The van der Waals surface area contributed by atoms with Crippen molar-refractivity contribution in [2.45, 2.75) is 0 Å². The molecule has 1 amide bonds. The fourth-order valence-corrected chi connectivity index (χ4v) is 3.37. The molecule has 0 saturated carbocycles. The minimum Gasteiger partial charge on any atom is -0.453 e. The Morgan fingerprint density at radius 3 is 2.88 bits per heavy atom. The number of alkyl carbamates (subject to hydrolysis) is 1. The molecule has 0 fully saturated rings. The normalized spacial score (nSPS) is 10.4. The largest absolute Gasteiger partial charge is 0.453 e. The van der Waals surface area contributed by atoms with Gasteiger partial charge < -0.3 is 15.4 Å². The molecule has 0 aromatic carbocycles. The lowest BCUT2D eigenvalue weighted by molar-refractivity contribution is 0.171. The Hall–Kier alpha value is -2.52. The number of nitrogens with zero attached hydrogens (tertiary/aromatic N) is 3. The van der Waals surface area contributed by atoms with Crippen LogP contribution in [0, 0.1) is 0 Å². The van der Waals surface area contributed by atoms with Crippen LogP contribution in [-0.4, -0.2) is 41.2 Å². The summed E-state index contributed by atoms with van der Waals surface area (Å²) < 4.78 is 4.51. The first kappa shape index (κ1) is 16.3. The highest BCUT2D eigenvalue weighted by Gasteiger charge is 2.14. The van der Waals surface area contributed by atoms with E-state index < -0.39 is 6.09 Å². The topological polar surface area (TPSA) is 89.0 Å². The van der Waals surface area contributed by atoms with Crippen molar-refractivity contribution in [1.82, 2.24) is 20.3 Å². The quantitative estimate of drug-likeness (QED) is 0.656. The Balaban J connectivity index is 1.78. The Kier molecular flexibility index (Phi) is 5.34. The minimum atomic E-state index is -0.464. The van der Waals surface area contributed by atoms with Crippen molar-refractivity contribution in [2.24, 2.45) is 0 Å². The molecular formula is C15H15N5O2S2. The molecule has 0 atom stereocenters. The fourth-order valence-electron chi connectivity index (χ4n) is 1.99. The van der Waals surface area contributed by atoms with Crippen molar-refractivity contribution in [1.29, 1.82) is 0 Å². The first-order chi connectivity index (χ1) is 11.8. The number of rotatable bonds is 6. The van der Waals surface area contributed by atoms with Crippen LogP contribution < -0.4 is 10.6 Å². The molecule has 9 heteroatoms. The second kappa shape index (κ2) is 7.84. The van der Waals surface area contributed by atoms with E-state index in [1.807, 2.05) is 22.9 Å². The number of hydrogen-bond donors (Lipinski definition) is 2. The minimum absolute atomic E-state index is 0.412. The van der Waals surface area contributed by atoms with E-state index in [1.165, 1.54) is 18.4 Å². The third-order valence-corrected chi connectivity index (χ3v) is 4.76. The van der Waals surface area contributed by atoms with E-state index in [0.29, 0.717) is 19.0 Å². The van der Waals surface area contributed by atoms with Gasteiger partial charge >= 0.3 is 6.09 Å². The van der Waals surface area contributed by atoms with Crippen LogP contribution in [0.15, 0.2) is 35.3 Å². The maximum atomic E-state index is 11.0. The summed E-state index contributed by atoms with van der Waals surface area (Å²) in [6.45, 7) is 0.903. The lowest BCUT2D eigenvalue weighted by Crippen LogP contribution is -2.28. The zero-order chi connectivity index (χ0) is 16.8. The van der Waals surface area contributed by atoms with Crippen LogP contribution in [0.1, 0.15) is 0 Å². The van der Waals surface area contributed by atoms with Crippen LogP contribution in [0.5, 0.6) is 0 Å². The first-order valence-electron chi connectivity index (χ1n) is 7.14. The van der Waals surface area contributed by atoms with Crippen molar-refractivity contribution < 1.29 is 9.53 Å². The highest BCUT2D eigenvalue weighted by Crippen LogP contribution is 2.34. The molecule has 0 aliphatic carbocycles. The Morgan fingerprint density at radius 2 is 2.17 bits per heavy atom. The lowest BCUT2D eigenvalue weighted by Gasteiger charge is -2.09. The zero-order valence-electron chi connectivity index (χ0n) is 12.9. The van der Waals surface area contributed by atoms with Gasteiger partial charge in [-0.05, 0) is 11.4 Å². The van der Waals surface area contributed by atoms with E-state index in [2.05, 4.69) is 30.3 Å². The molecular weight excluding hydrogens is 346 g/mol. The molecule has 2 N–H and O–H groups in total. The van der Waals surface area contributed by atoms with E-state index in [4.69, 9.17) is 0 Å². The van der Waals surface area contributed by atoms with Gasteiger partial charge in [0.1, 0.15) is 10.7 Å². The number of anilines is 1. The molecule has 124 valence electrons. The average Bonchev–Trinajstić information content (AvgIpc) is 3.31. The van der Waals surface area contributed by atoms with Gasteiger partial charge in [-0.2, -0.15) is 0 Å². The summed E-state index contributed by atoms with van der Waals surface area (Å²) in [6, 6.07) is 4.03. The summed E-state index contributed by atoms with van der Waals surface area (Å²) >= 11 is 3.17. The number of amides is 1. The molecule has 7 nitrogen and oxygen atoms in total. The number of thiophene rings is 1. The number of thiazole rings is 1. The monoisotopic (exact) mass is 361 g/mol. The third kappa shape index (κ3) is 3.87. The van der Waals surface area contributed by atoms with Gasteiger partial charge in [0, 0.05) is 41.3 Å². The molecule has 0 spiro atoms. The second-order valence-electron chi connectivity index (χ2n) is 4.62. The molecule has 3 aromatic heterocycles. The standard InChI is InChI=1S/C15H15N5O2S2/c1-22-15(21)18-5-4-17-14-19-9-10(11-3-2-7-23-11)12(20-14)13-16-6-8-24-13/h2-3,6-9H,4-5H2,1H3,(H,18,21)(H,17,19,20). The SMILES string of the molecule is COC(=O)NCCNc1ncc(-c2cccs2)c(-c2nccs2)n1. The summed E-state index contributed by atoms with van der Waals surface area (Å²) in [7, 11) is 1.33. The van der Waals surface area contributed by atoms with Crippen LogP contribution >= 0.6 is 22.7 Å². The van der Waals surface area contributed by atoms with Crippen LogP contribution in [-0.2, 0) is 4.74 Å². The summed E-state index contributed by atoms with van der Waals surface area (Å²) in [4.78, 5) is 25.4. The second-order valence-corrected chi connectivity index (χ2v) is 6.46. The van der Waals surface area contributed by atoms with Gasteiger partial charge in [-0.25, -0.2) is 19.7 Å². The number of aromatic nitrogens is 3. The lowest BCUT2D eigenvalue weighted by atomic mass is 10.2. The third-order valence-electron chi connectivity index (χ3n) is 3.07. The van der Waals surface area contributed by atoms with Crippen LogP contribution in [0.4, 0.5) is 10.7 Å². The Morgan fingerprint density at radius 1 is 1.25 bits per heavy atom. The van der Waals surface area contributed by atoms with Gasteiger partial charge in [0.2, 0.25) is 5.95 Å². The van der Waals surface area contributed by atoms with Gasteiger partial charge in [0.15, 0.2) is 0 Å². The number of ether oxygens (including phenoxy) is 1. The Bertz CT molecular complexity index is 790. The van der Waals surface area contributed by atoms with Gasteiger partial charge in [-0.1, -0.05) is 6.07 Å². The van der Waals surface area contributed by atoms with Crippen LogP contribution in [0.25, 0.3) is 21.1 Å². The Labute approximate surface area is 146 Å². The molecule has 24 heavy (non-hydrogen) atoms. The molecule has 3 rings (SSSR count). The van der Waals surface area contributed by atoms with Gasteiger partial charge in [-0.15, -0.1) is 22.7 Å². The summed E-state index contributed by atoms with van der Waals surface area (Å²) in [5, 5.41) is 10.5. The number of carbonyl (C=O) groups is 1. The highest BCUT2D eigenvalue weighted by molar-refractivity contribution is 7.14. The molecule has 0 saturated heterocycles. The smallest absolute Gasteiger partial charge is 0.406 e.